The van der Waals surface area contributed by atoms with Crippen molar-refractivity contribution in [2.45, 2.75) is 51.6 Å². The highest BCUT2D eigenvalue weighted by Crippen LogP contribution is 2.26. The Morgan fingerprint density at radius 3 is 2.71 bits per heavy atom. The zero-order valence-corrected chi connectivity index (χ0v) is 14.4. The van der Waals surface area contributed by atoms with Gasteiger partial charge in [-0.2, -0.15) is 5.10 Å². The van der Waals surface area contributed by atoms with Crippen LogP contribution in [0.25, 0.3) is 10.9 Å². The predicted octanol–water partition coefficient (Wildman–Crippen LogP) is 2.82. The first kappa shape index (κ1) is 16.7. The Morgan fingerprint density at radius 1 is 1.25 bits per heavy atom. The van der Waals surface area contributed by atoms with Crippen molar-refractivity contribution >= 4 is 16.8 Å². The van der Waals surface area contributed by atoms with E-state index in [2.05, 4.69) is 12.0 Å². The molecule has 5 nitrogen and oxygen atoms in total. The van der Waals surface area contributed by atoms with Crippen LogP contribution in [0.3, 0.4) is 0 Å². The molecule has 1 amide bonds. The van der Waals surface area contributed by atoms with Gasteiger partial charge in [0.25, 0.3) is 0 Å². The van der Waals surface area contributed by atoms with E-state index < -0.39 is 0 Å². The van der Waals surface area contributed by atoms with E-state index in [0.717, 1.165) is 24.3 Å². The molecular formula is C19H25N3O2. The van der Waals surface area contributed by atoms with Gasteiger partial charge in [0.1, 0.15) is 0 Å². The molecule has 1 heterocycles. The fraction of sp³-hybridized carbons (Fsp3) is 0.526. The number of carbonyl (C=O) groups excluding carboxylic acids is 1. The molecule has 1 saturated carbocycles. The summed E-state index contributed by atoms with van der Waals surface area (Å²) >= 11 is 0. The Morgan fingerprint density at radius 2 is 1.96 bits per heavy atom. The molecule has 0 atom stereocenters. The lowest BCUT2D eigenvalue weighted by atomic mass is 9.86. The Balaban J connectivity index is 1.66. The van der Waals surface area contributed by atoms with Crippen LogP contribution in [0.15, 0.2) is 35.3 Å². The number of fused-ring (bicyclic) bond motifs is 1. The minimum absolute atomic E-state index is 0.0818. The van der Waals surface area contributed by atoms with Crippen LogP contribution in [0, 0.1) is 5.92 Å². The molecular weight excluding hydrogens is 302 g/mol. The van der Waals surface area contributed by atoms with E-state index in [1.807, 2.05) is 30.1 Å². The molecule has 1 aromatic heterocycles. The lowest BCUT2D eigenvalue weighted by Gasteiger charge is -2.33. The third-order valence-electron chi connectivity index (χ3n) is 5.23. The number of hydrogen-bond donors (Lipinski definition) is 0. The van der Waals surface area contributed by atoms with Crippen molar-refractivity contribution in [2.24, 2.45) is 5.92 Å². The molecule has 0 unspecified atom stereocenters. The van der Waals surface area contributed by atoms with Crippen LogP contribution in [-0.4, -0.2) is 33.7 Å². The standard InChI is InChI=1S/C19H25N3O2/c1-14-7-9-15(10-8-14)21(2)19(24)11-12-22-17-6-4-3-5-16(17)18(23)13-20-22/h3-6,13-15H,7-12H2,1-2H3. The molecule has 0 saturated heterocycles. The third-order valence-corrected chi connectivity index (χ3v) is 5.23. The first-order valence-corrected chi connectivity index (χ1v) is 8.77. The minimum Gasteiger partial charge on any atom is -0.343 e. The number of aryl methyl sites for hydroxylation is 1. The van der Waals surface area contributed by atoms with Crippen LogP contribution >= 0.6 is 0 Å². The van der Waals surface area contributed by atoms with E-state index in [4.69, 9.17) is 0 Å². The molecule has 2 aromatic rings. The summed E-state index contributed by atoms with van der Waals surface area (Å²) in [6.45, 7) is 2.78. The molecule has 0 bridgehead atoms. The van der Waals surface area contributed by atoms with Crippen molar-refractivity contribution in [2.75, 3.05) is 7.05 Å². The van der Waals surface area contributed by atoms with Gasteiger partial charge < -0.3 is 4.90 Å². The van der Waals surface area contributed by atoms with Gasteiger partial charge in [-0.3, -0.25) is 14.3 Å². The average molecular weight is 327 g/mol. The molecule has 1 aliphatic rings. The van der Waals surface area contributed by atoms with Gasteiger partial charge >= 0.3 is 0 Å². The molecule has 1 fully saturated rings. The van der Waals surface area contributed by atoms with E-state index in [1.165, 1.54) is 19.0 Å². The second-order valence-corrected chi connectivity index (χ2v) is 6.92. The van der Waals surface area contributed by atoms with Crippen molar-refractivity contribution in [1.29, 1.82) is 0 Å². The van der Waals surface area contributed by atoms with E-state index >= 15 is 0 Å². The summed E-state index contributed by atoms with van der Waals surface area (Å²) in [7, 11) is 1.92. The van der Waals surface area contributed by atoms with Crippen LogP contribution in [0.4, 0.5) is 0 Å². The van der Waals surface area contributed by atoms with Crippen molar-refractivity contribution in [3.8, 4) is 0 Å². The molecule has 0 aliphatic heterocycles. The van der Waals surface area contributed by atoms with Gasteiger partial charge in [0, 0.05) is 24.9 Å². The molecule has 0 radical (unpaired) electrons. The number of amides is 1. The molecule has 24 heavy (non-hydrogen) atoms. The monoisotopic (exact) mass is 327 g/mol. The summed E-state index contributed by atoms with van der Waals surface area (Å²) in [5.74, 6) is 0.931. The predicted molar refractivity (Wildman–Crippen MR) is 94.8 cm³/mol. The van der Waals surface area contributed by atoms with Crippen LogP contribution in [-0.2, 0) is 11.3 Å². The SMILES string of the molecule is CC1CCC(N(C)C(=O)CCn2ncc(=O)c3ccccc32)CC1. The number of nitrogens with zero attached hydrogens (tertiary/aromatic N) is 3. The van der Waals surface area contributed by atoms with Crippen molar-refractivity contribution < 1.29 is 4.79 Å². The Labute approximate surface area is 142 Å². The van der Waals surface area contributed by atoms with Crippen molar-refractivity contribution in [3.63, 3.8) is 0 Å². The number of aromatic nitrogens is 2. The first-order chi connectivity index (χ1) is 11.6. The maximum atomic E-state index is 12.5. The molecule has 0 spiro atoms. The second-order valence-electron chi connectivity index (χ2n) is 6.92. The number of rotatable bonds is 4. The lowest BCUT2D eigenvalue weighted by molar-refractivity contribution is -0.133. The highest BCUT2D eigenvalue weighted by Gasteiger charge is 2.24. The molecule has 1 aromatic carbocycles. The Hall–Kier alpha value is -2.17. The molecule has 5 heteroatoms. The summed E-state index contributed by atoms with van der Waals surface area (Å²) in [6.07, 6.45) is 6.34. The first-order valence-electron chi connectivity index (χ1n) is 8.77. The smallest absolute Gasteiger partial charge is 0.224 e. The van der Waals surface area contributed by atoms with Gasteiger partial charge in [-0.05, 0) is 43.7 Å². The molecule has 1 aliphatic carbocycles. The Bertz CT molecular complexity index is 776. The molecule has 3 rings (SSSR count). The number of para-hydroxylation sites is 1. The van der Waals surface area contributed by atoms with E-state index in [1.54, 1.807) is 10.7 Å². The van der Waals surface area contributed by atoms with E-state index in [-0.39, 0.29) is 11.3 Å². The largest absolute Gasteiger partial charge is 0.343 e. The summed E-state index contributed by atoms with van der Waals surface area (Å²) < 4.78 is 1.76. The van der Waals surface area contributed by atoms with Crippen LogP contribution in [0.5, 0.6) is 0 Å². The quantitative estimate of drug-likeness (QED) is 0.868. The highest BCUT2D eigenvalue weighted by atomic mass is 16.2. The van der Waals surface area contributed by atoms with Gasteiger partial charge in [0.05, 0.1) is 18.3 Å². The number of benzene rings is 1. The zero-order chi connectivity index (χ0) is 17.1. The minimum atomic E-state index is -0.0818. The maximum Gasteiger partial charge on any atom is 0.224 e. The number of carbonyl (C=O) groups is 1. The summed E-state index contributed by atoms with van der Waals surface area (Å²) in [6, 6.07) is 7.77. The van der Waals surface area contributed by atoms with Gasteiger partial charge in [-0.15, -0.1) is 0 Å². The fourth-order valence-corrected chi connectivity index (χ4v) is 3.55. The normalized spacial score (nSPS) is 20.9. The molecule has 128 valence electrons. The summed E-state index contributed by atoms with van der Waals surface area (Å²) in [4.78, 5) is 26.3. The van der Waals surface area contributed by atoms with Gasteiger partial charge in [-0.1, -0.05) is 19.1 Å². The highest BCUT2D eigenvalue weighted by molar-refractivity contribution is 5.79. The third kappa shape index (κ3) is 3.50. The van der Waals surface area contributed by atoms with Crippen molar-refractivity contribution in [3.05, 3.63) is 40.7 Å². The van der Waals surface area contributed by atoms with Crippen LogP contribution in [0.2, 0.25) is 0 Å². The molecule has 0 N–H and O–H groups in total. The topological polar surface area (TPSA) is 55.2 Å². The Kier molecular flexibility index (Phi) is 4.97. The lowest BCUT2D eigenvalue weighted by Crippen LogP contribution is -2.39. The summed E-state index contributed by atoms with van der Waals surface area (Å²) in [5.41, 5.74) is 0.702. The maximum absolute atomic E-state index is 12.5. The van der Waals surface area contributed by atoms with Crippen LogP contribution < -0.4 is 5.43 Å². The zero-order valence-electron chi connectivity index (χ0n) is 14.4. The van der Waals surface area contributed by atoms with Crippen molar-refractivity contribution in [1.82, 2.24) is 14.7 Å². The summed E-state index contributed by atoms with van der Waals surface area (Å²) in [5, 5.41) is 4.84. The van der Waals surface area contributed by atoms with Crippen LogP contribution in [0.1, 0.15) is 39.0 Å². The van der Waals surface area contributed by atoms with Gasteiger partial charge in [-0.25, -0.2) is 0 Å². The second kappa shape index (κ2) is 7.16. The number of hydrogen-bond acceptors (Lipinski definition) is 3. The van der Waals surface area contributed by atoms with Gasteiger partial charge in [0.15, 0.2) is 0 Å². The van der Waals surface area contributed by atoms with E-state index in [0.29, 0.717) is 24.4 Å². The van der Waals surface area contributed by atoms with Gasteiger partial charge in [0.2, 0.25) is 11.3 Å². The average Bonchev–Trinajstić information content (AvgIpc) is 2.61. The van der Waals surface area contributed by atoms with E-state index in [9.17, 15) is 9.59 Å². The fourth-order valence-electron chi connectivity index (χ4n) is 3.55.